The first-order valence-electron chi connectivity index (χ1n) is 11.0. The van der Waals surface area contributed by atoms with Crippen LogP contribution >= 0.6 is 0 Å². The minimum atomic E-state index is -0.427. The van der Waals surface area contributed by atoms with Crippen LogP contribution in [0, 0.1) is 23.2 Å². The quantitative estimate of drug-likeness (QED) is 0.752. The third-order valence-electron chi connectivity index (χ3n) is 7.59. The number of nitrogens with zero attached hydrogens (tertiary/aromatic N) is 2. The van der Waals surface area contributed by atoms with E-state index in [1.54, 1.807) is 6.20 Å². The van der Waals surface area contributed by atoms with E-state index in [1.807, 2.05) is 20.2 Å². The Kier molecular flexibility index (Phi) is 4.79. The number of fused-ring (bicyclic) bond motifs is 3. The van der Waals surface area contributed by atoms with E-state index in [4.69, 9.17) is 20.2 Å². The summed E-state index contributed by atoms with van der Waals surface area (Å²) in [6, 6.07) is 9.14. The van der Waals surface area contributed by atoms with Crippen molar-refractivity contribution < 1.29 is 9.47 Å². The predicted molar refractivity (Wildman–Crippen MR) is 121 cm³/mol. The molecule has 0 radical (unpaired) electrons. The van der Waals surface area contributed by atoms with Crippen molar-refractivity contribution in [3.63, 3.8) is 0 Å². The van der Waals surface area contributed by atoms with E-state index in [0.717, 1.165) is 42.4 Å². The highest BCUT2D eigenvalue weighted by Crippen LogP contribution is 2.62. The second-order valence-electron chi connectivity index (χ2n) is 9.26. The molecule has 0 saturated heterocycles. The summed E-state index contributed by atoms with van der Waals surface area (Å²) in [7, 11) is 1.82. The molecule has 1 aromatic carbocycles. The van der Waals surface area contributed by atoms with Gasteiger partial charge in [0.15, 0.2) is 0 Å². The lowest BCUT2D eigenvalue weighted by atomic mass is 9.59. The summed E-state index contributed by atoms with van der Waals surface area (Å²) in [6.45, 7) is 4.65. The van der Waals surface area contributed by atoms with Gasteiger partial charge in [-0.3, -0.25) is 4.98 Å². The van der Waals surface area contributed by atoms with Gasteiger partial charge in [-0.25, -0.2) is 4.99 Å². The topological polar surface area (TPSA) is 69.7 Å². The van der Waals surface area contributed by atoms with Crippen LogP contribution in [0.3, 0.4) is 0 Å². The van der Waals surface area contributed by atoms with Crippen molar-refractivity contribution in [2.24, 2.45) is 22.1 Å². The van der Waals surface area contributed by atoms with E-state index in [9.17, 15) is 0 Å². The molecule has 2 spiro atoms. The molecule has 31 heavy (non-hydrogen) atoms. The zero-order valence-electron chi connectivity index (χ0n) is 18.4. The van der Waals surface area contributed by atoms with E-state index in [1.165, 1.54) is 11.1 Å². The van der Waals surface area contributed by atoms with Gasteiger partial charge in [0.1, 0.15) is 12.1 Å². The average molecular weight is 416 g/mol. The normalized spacial score (nSPS) is 31.1. The number of aliphatic imine (C=N–C) groups is 1. The Morgan fingerprint density at radius 1 is 1.23 bits per heavy atom. The van der Waals surface area contributed by atoms with Crippen molar-refractivity contribution in [3.8, 4) is 23.0 Å². The maximum absolute atomic E-state index is 6.10. The lowest BCUT2D eigenvalue weighted by Crippen LogP contribution is -2.48. The number of amidine groups is 1. The Hall–Kier alpha value is -2.84. The van der Waals surface area contributed by atoms with E-state index in [2.05, 4.69) is 48.0 Å². The average Bonchev–Trinajstić information content (AvgIpc) is 3.28. The predicted octanol–water partition coefficient (Wildman–Crippen LogP) is 4.04. The number of hydrogen-bond acceptors (Lipinski definition) is 5. The summed E-state index contributed by atoms with van der Waals surface area (Å²) in [4.78, 5) is 9.39. The highest BCUT2D eigenvalue weighted by atomic mass is 16.5. The third kappa shape index (κ3) is 3.04. The Labute approximate surface area is 184 Å². The van der Waals surface area contributed by atoms with Crippen LogP contribution in [-0.2, 0) is 21.4 Å². The summed E-state index contributed by atoms with van der Waals surface area (Å²) in [6.07, 6.45) is 8.16. The minimum absolute atomic E-state index is 0.0112. The Morgan fingerprint density at radius 2 is 2.10 bits per heavy atom. The van der Waals surface area contributed by atoms with Crippen LogP contribution in [0.4, 0.5) is 0 Å². The van der Waals surface area contributed by atoms with Crippen LogP contribution in [-0.4, -0.2) is 30.8 Å². The largest absolute Gasteiger partial charge is 0.462 e. The van der Waals surface area contributed by atoms with Crippen LogP contribution in [0.1, 0.15) is 49.8 Å². The molecule has 2 heterocycles. The molecule has 0 amide bonds. The lowest BCUT2D eigenvalue weighted by molar-refractivity contribution is -0.0445. The number of methoxy groups -OCH3 is 1. The number of hydrogen-bond donors (Lipinski definition) is 1. The smallest absolute Gasteiger partial charge is 0.283 e. The Bertz CT molecular complexity index is 1120. The van der Waals surface area contributed by atoms with Gasteiger partial charge in [-0.2, -0.15) is 0 Å². The summed E-state index contributed by atoms with van der Waals surface area (Å²) in [5, 5.41) is 0. The van der Waals surface area contributed by atoms with Crippen molar-refractivity contribution in [3.05, 3.63) is 53.3 Å². The van der Waals surface area contributed by atoms with E-state index < -0.39 is 5.54 Å². The van der Waals surface area contributed by atoms with E-state index in [-0.39, 0.29) is 5.41 Å². The molecule has 0 unspecified atom stereocenters. The molecule has 1 aromatic heterocycles. The fraction of sp³-hybridized carbons (Fsp3) is 0.462. The third-order valence-corrected chi connectivity index (χ3v) is 7.59. The van der Waals surface area contributed by atoms with Gasteiger partial charge < -0.3 is 15.2 Å². The van der Waals surface area contributed by atoms with Gasteiger partial charge in [-0.05, 0) is 67.3 Å². The molecule has 1 saturated carbocycles. The SMILES string of the molecule is CC#Cc1cncc(-c2ccc3c(c2)[C@@]2(COC(N)=N2)[C@]2(CC[C@H](OC)[C@@H](C)C2)C3)c1. The number of aromatic nitrogens is 1. The summed E-state index contributed by atoms with van der Waals surface area (Å²) in [5.41, 5.74) is 11.4. The van der Waals surface area contributed by atoms with Gasteiger partial charge in [0.2, 0.25) is 0 Å². The van der Waals surface area contributed by atoms with Crippen molar-refractivity contribution >= 4 is 6.02 Å². The molecule has 5 nitrogen and oxygen atoms in total. The molecular weight excluding hydrogens is 386 g/mol. The summed E-state index contributed by atoms with van der Waals surface area (Å²) < 4.78 is 11.6. The fourth-order valence-corrected chi connectivity index (χ4v) is 6.18. The van der Waals surface area contributed by atoms with Crippen LogP contribution in [0.25, 0.3) is 11.1 Å². The molecule has 2 N–H and O–H groups in total. The highest BCUT2D eigenvalue weighted by molar-refractivity contribution is 5.76. The molecule has 0 bridgehead atoms. The van der Waals surface area contributed by atoms with Crippen molar-refractivity contribution in [2.75, 3.05) is 13.7 Å². The maximum atomic E-state index is 6.10. The molecule has 1 aliphatic heterocycles. The lowest BCUT2D eigenvalue weighted by Gasteiger charge is -2.47. The summed E-state index contributed by atoms with van der Waals surface area (Å²) in [5.74, 6) is 6.52. The van der Waals surface area contributed by atoms with Crippen LogP contribution < -0.4 is 5.73 Å². The molecular formula is C26H29N3O2. The molecule has 5 heteroatoms. The minimum Gasteiger partial charge on any atom is -0.462 e. The first kappa shape index (κ1) is 20.1. The number of benzene rings is 1. The van der Waals surface area contributed by atoms with Crippen molar-refractivity contribution in [2.45, 2.75) is 51.2 Å². The first-order valence-corrected chi connectivity index (χ1v) is 11.0. The molecule has 4 atom stereocenters. The van der Waals surface area contributed by atoms with Gasteiger partial charge in [-0.15, -0.1) is 5.92 Å². The van der Waals surface area contributed by atoms with Gasteiger partial charge in [0.05, 0.1) is 6.10 Å². The van der Waals surface area contributed by atoms with E-state index >= 15 is 0 Å². The molecule has 160 valence electrons. The monoisotopic (exact) mass is 415 g/mol. The zero-order chi connectivity index (χ0) is 21.6. The second kappa shape index (κ2) is 7.39. The van der Waals surface area contributed by atoms with Crippen LogP contribution in [0.5, 0.6) is 0 Å². The molecule has 2 aromatic rings. The molecule has 3 aliphatic rings. The van der Waals surface area contributed by atoms with Gasteiger partial charge in [0.25, 0.3) is 6.02 Å². The van der Waals surface area contributed by atoms with E-state index in [0.29, 0.717) is 24.7 Å². The maximum Gasteiger partial charge on any atom is 0.283 e. The van der Waals surface area contributed by atoms with Crippen molar-refractivity contribution in [1.82, 2.24) is 4.98 Å². The summed E-state index contributed by atoms with van der Waals surface area (Å²) >= 11 is 0. The number of rotatable bonds is 2. The van der Waals surface area contributed by atoms with Gasteiger partial charge in [0, 0.05) is 36.0 Å². The van der Waals surface area contributed by atoms with Crippen molar-refractivity contribution in [1.29, 1.82) is 0 Å². The number of nitrogens with two attached hydrogens (primary N) is 1. The second-order valence-corrected chi connectivity index (χ2v) is 9.26. The van der Waals surface area contributed by atoms with Crippen LogP contribution in [0.2, 0.25) is 0 Å². The first-order chi connectivity index (χ1) is 15.0. The number of ether oxygens (including phenoxy) is 2. The Balaban J connectivity index is 1.60. The zero-order valence-corrected chi connectivity index (χ0v) is 18.4. The Morgan fingerprint density at radius 3 is 2.81 bits per heavy atom. The number of pyridine rings is 1. The highest BCUT2D eigenvalue weighted by Gasteiger charge is 2.62. The van der Waals surface area contributed by atoms with Gasteiger partial charge >= 0.3 is 0 Å². The molecule has 5 rings (SSSR count). The van der Waals surface area contributed by atoms with Gasteiger partial charge in [-0.1, -0.05) is 25.0 Å². The molecule has 1 fully saturated rings. The van der Waals surface area contributed by atoms with Crippen LogP contribution in [0.15, 0.2) is 41.7 Å². The standard InChI is InChI=1S/C26H29N3O2/c1-4-5-18-10-21(15-28-14-18)19-6-7-20-13-25(9-8-23(30-3)17(2)12-25)26(22(20)11-19)16-31-24(27)29-26/h6-7,10-11,14-15,17,23H,8-9,12-13,16H2,1-3H3,(H2,27,29)/t17-,23-,25-,26-/m0/s1. The molecule has 2 aliphatic carbocycles. The fourth-order valence-electron chi connectivity index (χ4n) is 6.18.